The Hall–Kier alpha value is -1.28. The second kappa shape index (κ2) is 8.01. The molecule has 1 aliphatic heterocycles. The van der Waals surface area contributed by atoms with Crippen LogP contribution in [0, 0.1) is 17.8 Å². The SMILES string of the molecule is OCC1CCC(Nc2cc(Cl)ncc2C#CC2CCCO2)CC1. The van der Waals surface area contributed by atoms with Gasteiger partial charge in [-0.2, -0.15) is 0 Å². The maximum Gasteiger partial charge on any atom is 0.131 e. The molecule has 1 aromatic rings. The van der Waals surface area contributed by atoms with E-state index in [1.807, 2.05) is 6.07 Å². The second-order valence-electron chi connectivity index (χ2n) is 6.37. The van der Waals surface area contributed by atoms with Crippen molar-refractivity contribution in [2.75, 3.05) is 18.5 Å². The Morgan fingerprint density at radius 2 is 2.13 bits per heavy atom. The van der Waals surface area contributed by atoms with Gasteiger partial charge in [0.05, 0.1) is 11.3 Å². The normalized spacial score (nSPS) is 27.3. The summed E-state index contributed by atoms with van der Waals surface area (Å²) < 4.78 is 5.55. The third kappa shape index (κ3) is 4.60. The smallest absolute Gasteiger partial charge is 0.131 e. The van der Waals surface area contributed by atoms with E-state index < -0.39 is 0 Å². The molecule has 0 radical (unpaired) electrons. The Morgan fingerprint density at radius 3 is 2.83 bits per heavy atom. The van der Waals surface area contributed by atoms with Crippen LogP contribution in [0.15, 0.2) is 12.3 Å². The molecule has 5 heteroatoms. The average Bonchev–Trinajstić information content (AvgIpc) is 3.08. The number of rotatable bonds is 3. The van der Waals surface area contributed by atoms with Crippen LogP contribution in [0.1, 0.15) is 44.1 Å². The predicted molar refractivity (Wildman–Crippen MR) is 91.6 cm³/mol. The van der Waals surface area contributed by atoms with Crippen molar-refractivity contribution in [3.63, 3.8) is 0 Å². The van der Waals surface area contributed by atoms with Crippen molar-refractivity contribution in [3.05, 3.63) is 23.0 Å². The van der Waals surface area contributed by atoms with Crippen molar-refractivity contribution in [1.29, 1.82) is 0 Å². The number of pyridine rings is 1. The highest BCUT2D eigenvalue weighted by Gasteiger charge is 2.21. The number of aliphatic hydroxyl groups excluding tert-OH is 1. The molecule has 1 unspecified atom stereocenters. The van der Waals surface area contributed by atoms with Crippen molar-refractivity contribution in [3.8, 4) is 11.8 Å². The molecular formula is C18H23ClN2O2. The Kier molecular flexibility index (Phi) is 5.77. The molecule has 0 bridgehead atoms. The molecule has 2 aliphatic rings. The Bertz CT molecular complexity index is 582. The highest BCUT2D eigenvalue weighted by atomic mass is 35.5. The molecule has 23 heavy (non-hydrogen) atoms. The third-order valence-corrected chi connectivity index (χ3v) is 4.84. The van der Waals surface area contributed by atoms with Crippen LogP contribution in [0.3, 0.4) is 0 Å². The molecule has 4 nitrogen and oxygen atoms in total. The van der Waals surface area contributed by atoms with Crippen molar-refractivity contribution in [2.45, 2.75) is 50.7 Å². The van der Waals surface area contributed by atoms with Crippen LogP contribution in [0.5, 0.6) is 0 Å². The summed E-state index contributed by atoms with van der Waals surface area (Å²) in [5.41, 5.74) is 1.82. The summed E-state index contributed by atoms with van der Waals surface area (Å²) in [4.78, 5) is 4.15. The van der Waals surface area contributed by atoms with Crippen LogP contribution in [-0.2, 0) is 4.74 Å². The van der Waals surface area contributed by atoms with E-state index in [9.17, 15) is 5.11 Å². The second-order valence-corrected chi connectivity index (χ2v) is 6.76. The first kappa shape index (κ1) is 16.6. The van der Waals surface area contributed by atoms with Crippen LogP contribution >= 0.6 is 11.6 Å². The van der Waals surface area contributed by atoms with Crippen LogP contribution < -0.4 is 5.32 Å². The Morgan fingerprint density at radius 1 is 1.30 bits per heavy atom. The van der Waals surface area contributed by atoms with Crippen LogP contribution in [-0.4, -0.2) is 35.5 Å². The highest BCUT2D eigenvalue weighted by Crippen LogP contribution is 2.28. The molecule has 1 atom stereocenters. The zero-order valence-electron chi connectivity index (χ0n) is 13.2. The topological polar surface area (TPSA) is 54.4 Å². The monoisotopic (exact) mass is 334 g/mol. The Balaban J connectivity index is 1.69. The fourth-order valence-electron chi connectivity index (χ4n) is 3.21. The van der Waals surface area contributed by atoms with Gasteiger partial charge in [0.1, 0.15) is 11.3 Å². The summed E-state index contributed by atoms with van der Waals surface area (Å²) in [7, 11) is 0. The highest BCUT2D eigenvalue weighted by molar-refractivity contribution is 6.29. The quantitative estimate of drug-likeness (QED) is 0.658. The molecule has 1 aliphatic carbocycles. The molecule has 2 fully saturated rings. The maximum absolute atomic E-state index is 9.25. The molecular weight excluding hydrogens is 312 g/mol. The van der Waals surface area contributed by atoms with Gasteiger partial charge in [0, 0.05) is 25.5 Å². The zero-order valence-corrected chi connectivity index (χ0v) is 14.0. The number of ether oxygens (including phenoxy) is 1. The van der Waals surface area contributed by atoms with E-state index in [-0.39, 0.29) is 6.10 Å². The largest absolute Gasteiger partial charge is 0.396 e. The first-order valence-electron chi connectivity index (χ1n) is 8.40. The standard InChI is InChI=1S/C18H23ClN2O2/c19-18-10-17(21-15-6-3-13(12-22)4-7-15)14(11-20-18)5-8-16-2-1-9-23-16/h10-11,13,15-16,22H,1-4,6-7,9,12H2,(H,20,21). The minimum Gasteiger partial charge on any atom is -0.396 e. The summed E-state index contributed by atoms with van der Waals surface area (Å²) in [6.45, 7) is 1.10. The Labute approximate surface area is 142 Å². The lowest BCUT2D eigenvalue weighted by Crippen LogP contribution is -2.27. The molecule has 2 heterocycles. The molecule has 0 spiro atoms. The molecule has 124 valence electrons. The van der Waals surface area contributed by atoms with E-state index in [0.29, 0.717) is 23.7 Å². The van der Waals surface area contributed by atoms with Gasteiger partial charge in [-0.1, -0.05) is 23.4 Å². The summed E-state index contributed by atoms with van der Waals surface area (Å²) in [5, 5.41) is 13.3. The van der Waals surface area contributed by atoms with E-state index in [2.05, 4.69) is 22.1 Å². The lowest BCUT2D eigenvalue weighted by atomic mass is 9.86. The van der Waals surface area contributed by atoms with Gasteiger partial charge in [-0.25, -0.2) is 4.98 Å². The molecule has 0 amide bonds. The molecule has 3 rings (SSSR count). The van der Waals surface area contributed by atoms with Gasteiger partial charge in [-0.15, -0.1) is 0 Å². The molecule has 1 aromatic heterocycles. The van der Waals surface area contributed by atoms with Gasteiger partial charge in [-0.3, -0.25) is 0 Å². The minimum atomic E-state index is 0.0403. The van der Waals surface area contributed by atoms with Gasteiger partial charge in [0.15, 0.2) is 0 Å². The van der Waals surface area contributed by atoms with E-state index in [4.69, 9.17) is 16.3 Å². The van der Waals surface area contributed by atoms with Gasteiger partial charge in [0.25, 0.3) is 0 Å². The van der Waals surface area contributed by atoms with E-state index >= 15 is 0 Å². The van der Waals surface area contributed by atoms with E-state index in [1.165, 1.54) is 0 Å². The van der Waals surface area contributed by atoms with Crippen LogP contribution in [0.25, 0.3) is 0 Å². The summed E-state index contributed by atoms with van der Waals surface area (Å²) >= 11 is 6.05. The lowest BCUT2D eigenvalue weighted by Gasteiger charge is -2.29. The molecule has 0 aromatic carbocycles. The number of hydrogen-bond acceptors (Lipinski definition) is 4. The van der Waals surface area contributed by atoms with Gasteiger partial charge < -0.3 is 15.2 Å². The van der Waals surface area contributed by atoms with Gasteiger partial charge >= 0.3 is 0 Å². The average molecular weight is 335 g/mol. The summed E-state index contributed by atoms with van der Waals surface area (Å²) in [5.74, 6) is 6.83. The van der Waals surface area contributed by atoms with Gasteiger partial charge in [-0.05, 0) is 50.5 Å². The minimum absolute atomic E-state index is 0.0403. The van der Waals surface area contributed by atoms with Crippen LogP contribution in [0.2, 0.25) is 5.15 Å². The fraction of sp³-hybridized carbons (Fsp3) is 0.611. The third-order valence-electron chi connectivity index (χ3n) is 4.63. The molecule has 1 saturated heterocycles. The first-order valence-corrected chi connectivity index (χ1v) is 8.78. The molecule has 2 N–H and O–H groups in total. The number of nitrogens with zero attached hydrogens (tertiary/aromatic N) is 1. The van der Waals surface area contributed by atoms with E-state index in [0.717, 1.165) is 56.4 Å². The number of aliphatic hydroxyl groups is 1. The molecule has 1 saturated carbocycles. The van der Waals surface area contributed by atoms with Crippen molar-refractivity contribution in [1.82, 2.24) is 4.98 Å². The number of aromatic nitrogens is 1. The predicted octanol–water partition coefficient (Wildman–Crippen LogP) is 3.23. The van der Waals surface area contributed by atoms with Crippen LogP contribution in [0.4, 0.5) is 5.69 Å². The summed E-state index contributed by atoms with van der Waals surface area (Å²) in [6.07, 6.45) is 8.09. The van der Waals surface area contributed by atoms with Crippen molar-refractivity contribution >= 4 is 17.3 Å². The maximum atomic E-state index is 9.25. The number of halogens is 1. The fourth-order valence-corrected chi connectivity index (χ4v) is 3.37. The lowest BCUT2D eigenvalue weighted by molar-refractivity contribution is 0.152. The number of anilines is 1. The number of hydrogen-bond donors (Lipinski definition) is 2. The first-order chi connectivity index (χ1) is 11.2. The zero-order chi connectivity index (χ0) is 16.1. The van der Waals surface area contributed by atoms with Crippen molar-refractivity contribution in [2.24, 2.45) is 5.92 Å². The van der Waals surface area contributed by atoms with Crippen molar-refractivity contribution < 1.29 is 9.84 Å². The summed E-state index contributed by atoms with van der Waals surface area (Å²) in [6, 6.07) is 2.25. The number of nitrogens with one attached hydrogen (secondary N) is 1. The van der Waals surface area contributed by atoms with E-state index in [1.54, 1.807) is 6.20 Å². The van der Waals surface area contributed by atoms with Gasteiger partial charge in [0.2, 0.25) is 0 Å².